The predicted octanol–water partition coefficient (Wildman–Crippen LogP) is 2.36. The molecule has 1 saturated carbocycles. The van der Waals surface area contributed by atoms with E-state index in [2.05, 4.69) is 30.8 Å². The molecule has 0 atom stereocenters. The van der Waals surface area contributed by atoms with Gasteiger partial charge in [-0.15, -0.1) is 0 Å². The molecule has 8 nitrogen and oxygen atoms in total. The van der Waals surface area contributed by atoms with Gasteiger partial charge in [0.1, 0.15) is 11.5 Å². The first-order chi connectivity index (χ1) is 13.1. The zero-order chi connectivity index (χ0) is 18.8. The molecule has 1 aliphatic carbocycles. The van der Waals surface area contributed by atoms with Gasteiger partial charge in [0.05, 0.1) is 5.56 Å². The van der Waals surface area contributed by atoms with Crippen molar-refractivity contribution in [3.63, 3.8) is 0 Å². The third-order valence-electron chi connectivity index (χ3n) is 4.35. The molecule has 1 aliphatic rings. The maximum absolute atomic E-state index is 12.3. The Hall–Kier alpha value is -3.55. The van der Waals surface area contributed by atoms with E-state index in [4.69, 9.17) is 0 Å². The summed E-state index contributed by atoms with van der Waals surface area (Å²) in [6.45, 7) is 0. The van der Waals surface area contributed by atoms with E-state index in [1.807, 2.05) is 12.1 Å². The molecule has 2 aromatic heterocycles. The fraction of sp³-hybridized carbons (Fsp3) is 0.211. The van der Waals surface area contributed by atoms with Crippen LogP contribution in [0.5, 0.6) is 0 Å². The van der Waals surface area contributed by atoms with Gasteiger partial charge in [-0.2, -0.15) is 5.10 Å². The molecule has 2 amide bonds. The second kappa shape index (κ2) is 6.99. The zero-order valence-electron chi connectivity index (χ0n) is 14.7. The topological polar surface area (TPSA) is 113 Å². The van der Waals surface area contributed by atoms with Crippen LogP contribution in [0, 0.1) is 0 Å². The highest BCUT2D eigenvalue weighted by atomic mass is 16.2. The Kier molecular flexibility index (Phi) is 4.37. The number of benzene rings is 1. The van der Waals surface area contributed by atoms with Crippen molar-refractivity contribution in [2.45, 2.75) is 18.8 Å². The van der Waals surface area contributed by atoms with Gasteiger partial charge in [-0.3, -0.25) is 19.7 Å². The minimum atomic E-state index is -0.298. The van der Waals surface area contributed by atoms with Crippen LogP contribution in [-0.4, -0.2) is 39.0 Å². The van der Waals surface area contributed by atoms with Crippen LogP contribution < -0.4 is 10.6 Å². The first-order valence-electron chi connectivity index (χ1n) is 8.66. The summed E-state index contributed by atoms with van der Waals surface area (Å²) in [6.07, 6.45) is 3.71. The second-order valence-corrected chi connectivity index (χ2v) is 6.36. The van der Waals surface area contributed by atoms with Gasteiger partial charge in [0.2, 0.25) is 0 Å². The molecule has 2 heterocycles. The van der Waals surface area contributed by atoms with Crippen molar-refractivity contribution in [3.8, 4) is 11.4 Å². The fourth-order valence-electron chi connectivity index (χ4n) is 2.64. The summed E-state index contributed by atoms with van der Waals surface area (Å²) in [5.41, 5.74) is 2.16. The summed E-state index contributed by atoms with van der Waals surface area (Å²) in [7, 11) is 1.53. The summed E-state index contributed by atoms with van der Waals surface area (Å²) in [4.78, 5) is 32.3. The molecule has 0 aliphatic heterocycles. The number of amides is 2. The van der Waals surface area contributed by atoms with Crippen molar-refractivity contribution < 1.29 is 9.59 Å². The minimum absolute atomic E-state index is 0.260. The highest BCUT2D eigenvalue weighted by Crippen LogP contribution is 2.38. The van der Waals surface area contributed by atoms with Crippen LogP contribution in [0.1, 0.15) is 45.4 Å². The summed E-state index contributed by atoms with van der Waals surface area (Å²) >= 11 is 0. The van der Waals surface area contributed by atoms with Gasteiger partial charge in [-0.25, -0.2) is 4.98 Å². The molecule has 3 N–H and O–H groups in total. The average Bonchev–Trinajstić information content (AvgIpc) is 3.45. The molecule has 0 bridgehead atoms. The average molecular weight is 362 g/mol. The lowest BCUT2D eigenvalue weighted by Gasteiger charge is -2.06. The number of H-pyrrole nitrogens is 1. The zero-order valence-corrected chi connectivity index (χ0v) is 14.7. The number of aromatic nitrogens is 4. The van der Waals surface area contributed by atoms with E-state index in [-0.39, 0.29) is 17.5 Å². The normalized spacial score (nSPS) is 13.2. The highest BCUT2D eigenvalue weighted by Gasteiger charge is 2.27. The van der Waals surface area contributed by atoms with Crippen molar-refractivity contribution >= 4 is 17.5 Å². The van der Waals surface area contributed by atoms with E-state index in [0.29, 0.717) is 23.0 Å². The Morgan fingerprint density at radius 3 is 2.48 bits per heavy atom. The number of hydrogen-bond acceptors (Lipinski definition) is 5. The number of hydrogen-bond donors (Lipinski definition) is 3. The molecule has 0 saturated heterocycles. The van der Waals surface area contributed by atoms with Gasteiger partial charge in [0.25, 0.3) is 11.8 Å². The standard InChI is InChI=1S/C19H18N6O2/c1-20-19(27)15-9-6-13(10-21-15)18(26)22-14-7-4-12(5-8-14)17-23-16(24-25-17)11-2-3-11/h4-11H,2-3H2,1H3,(H,20,27)(H,22,26)(H,23,24,25). The van der Waals surface area contributed by atoms with E-state index in [9.17, 15) is 9.59 Å². The number of nitrogens with zero attached hydrogens (tertiary/aromatic N) is 3. The summed E-state index contributed by atoms with van der Waals surface area (Å²) in [6, 6.07) is 10.4. The molecule has 0 unspecified atom stereocenters. The maximum atomic E-state index is 12.3. The van der Waals surface area contributed by atoms with E-state index in [1.165, 1.54) is 32.2 Å². The monoisotopic (exact) mass is 362 g/mol. The van der Waals surface area contributed by atoms with Crippen molar-refractivity contribution in [1.29, 1.82) is 0 Å². The number of carbonyl (C=O) groups is 2. The van der Waals surface area contributed by atoms with Crippen LogP contribution in [0.15, 0.2) is 42.6 Å². The van der Waals surface area contributed by atoms with Gasteiger partial charge in [0.15, 0.2) is 5.82 Å². The van der Waals surface area contributed by atoms with Gasteiger partial charge >= 0.3 is 0 Å². The fourth-order valence-corrected chi connectivity index (χ4v) is 2.64. The lowest BCUT2D eigenvalue weighted by atomic mass is 10.2. The highest BCUT2D eigenvalue weighted by molar-refractivity contribution is 6.04. The van der Waals surface area contributed by atoms with Gasteiger partial charge in [-0.05, 0) is 49.2 Å². The van der Waals surface area contributed by atoms with Crippen molar-refractivity contribution in [2.24, 2.45) is 0 Å². The molecule has 3 aromatic rings. The van der Waals surface area contributed by atoms with Gasteiger partial charge < -0.3 is 10.6 Å². The number of nitrogens with one attached hydrogen (secondary N) is 3. The quantitative estimate of drug-likeness (QED) is 0.645. The molecular formula is C19H18N6O2. The summed E-state index contributed by atoms with van der Waals surface area (Å²) < 4.78 is 0. The first kappa shape index (κ1) is 16.9. The summed E-state index contributed by atoms with van der Waals surface area (Å²) in [5, 5.41) is 12.5. The smallest absolute Gasteiger partial charge is 0.269 e. The lowest BCUT2D eigenvalue weighted by molar-refractivity contribution is 0.0955. The largest absolute Gasteiger partial charge is 0.354 e. The van der Waals surface area contributed by atoms with Crippen LogP contribution in [0.25, 0.3) is 11.4 Å². The second-order valence-electron chi connectivity index (χ2n) is 6.36. The SMILES string of the molecule is CNC(=O)c1ccc(C(=O)Nc2ccc(-c3n[nH]c(C4CC4)n3)cc2)cn1. The molecule has 0 spiro atoms. The molecule has 1 aromatic carbocycles. The van der Waals surface area contributed by atoms with E-state index in [1.54, 1.807) is 18.2 Å². The molecule has 1 fully saturated rings. The van der Waals surface area contributed by atoms with Crippen LogP contribution in [0.2, 0.25) is 0 Å². The van der Waals surface area contributed by atoms with Crippen LogP contribution in [-0.2, 0) is 0 Å². The molecular weight excluding hydrogens is 344 g/mol. The number of pyridine rings is 1. The minimum Gasteiger partial charge on any atom is -0.354 e. The number of anilines is 1. The van der Waals surface area contributed by atoms with E-state index >= 15 is 0 Å². The predicted molar refractivity (Wildman–Crippen MR) is 99.4 cm³/mol. The Labute approximate surface area is 155 Å². The lowest BCUT2D eigenvalue weighted by Crippen LogP contribution is -2.20. The Balaban J connectivity index is 1.42. The van der Waals surface area contributed by atoms with Gasteiger partial charge in [-0.1, -0.05) is 0 Å². The molecule has 27 heavy (non-hydrogen) atoms. The third kappa shape index (κ3) is 3.69. The van der Waals surface area contributed by atoms with E-state index in [0.717, 1.165) is 11.4 Å². The van der Waals surface area contributed by atoms with Crippen molar-refractivity contribution in [2.75, 3.05) is 12.4 Å². The number of aromatic amines is 1. The molecule has 0 radical (unpaired) electrons. The van der Waals surface area contributed by atoms with Crippen LogP contribution >= 0.6 is 0 Å². The van der Waals surface area contributed by atoms with Crippen molar-refractivity contribution in [1.82, 2.24) is 25.5 Å². The first-order valence-corrected chi connectivity index (χ1v) is 8.66. The molecule has 4 rings (SSSR count). The Morgan fingerprint density at radius 2 is 1.85 bits per heavy atom. The number of carbonyl (C=O) groups excluding carboxylic acids is 2. The third-order valence-corrected chi connectivity index (χ3v) is 4.35. The van der Waals surface area contributed by atoms with E-state index < -0.39 is 0 Å². The summed E-state index contributed by atoms with van der Waals surface area (Å²) in [5.74, 6) is 1.52. The van der Waals surface area contributed by atoms with Crippen LogP contribution in [0.3, 0.4) is 0 Å². The van der Waals surface area contributed by atoms with Gasteiger partial charge in [0, 0.05) is 30.4 Å². The Morgan fingerprint density at radius 1 is 1.07 bits per heavy atom. The Bertz CT molecular complexity index is 974. The maximum Gasteiger partial charge on any atom is 0.269 e. The van der Waals surface area contributed by atoms with Crippen molar-refractivity contribution in [3.05, 3.63) is 59.7 Å². The molecule has 136 valence electrons. The molecule has 8 heteroatoms. The van der Waals surface area contributed by atoms with Crippen LogP contribution in [0.4, 0.5) is 5.69 Å². The number of rotatable bonds is 5.